The molecule has 0 bridgehead atoms. The summed E-state index contributed by atoms with van der Waals surface area (Å²) in [6.07, 6.45) is 2.94. The number of aliphatic carboxylic acids is 1. The SMILES string of the molecule is CCC1OCCC1CNC(=O)NCC(C)CCC(=O)O. The lowest BCUT2D eigenvalue weighted by molar-refractivity contribution is -0.137. The number of ether oxygens (including phenoxy) is 1. The van der Waals surface area contributed by atoms with Crippen molar-refractivity contribution in [2.45, 2.75) is 45.6 Å². The minimum absolute atomic E-state index is 0.141. The fourth-order valence-electron chi connectivity index (χ4n) is 2.40. The van der Waals surface area contributed by atoms with Crippen molar-refractivity contribution in [3.8, 4) is 0 Å². The van der Waals surface area contributed by atoms with E-state index in [1.165, 1.54) is 0 Å². The molecule has 1 rings (SSSR count). The van der Waals surface area contributed by atoms with E-state index in [9.17, 15) is 9.59 Å². The van der Waals surface area contributed by atoms with Crippen LogP contribution in [0.3, 0.4) is 0 Å². The van der Waals surface area contributed by atoms with Gasteiger partial charge in [-0.05, 0) is 25.2 Å². The van der Waals surface area contributed by atoms with Crippen molar-refractivity contribution < 1.29 is 19.4 Å². The molecule has 0 aliphatic carbocycles. The zero-order valence-electron chi connectivity index (χ0n) is 12.4. The van der Waals surface area contributed by atoms with E-state index >= 15 is 0 Å². The highest BCUT2D eigenvalue weighted by molar-refractivity contribution is 5.73. The minimum atomic E-state index is -0.798. The highest BCUT2D eigenvalue weighted by atomic mass is 16.5. The minimum Gasteiger partial charge on any atom is -0.481 e. The van der Waals surface area contributed by atoms with Gasteiger partial charge in [0.25, 0.3) is 0 Å². The van der Waals surface area contributed by atoms with Crippen LogP contribution in [0.15, 0.2) is 0 Å². The van der Waals surface area contributed by atoms with Gasteiger partial charge in [0.1, 0.15) is 0 Å². The van der Waals surface area contributed by atoms with Gasteiger partial charge in [0.05, 0.1) is 6.10 Å². The Hall–Kier alpha value is -1.30. The fraction of sp³-hybridized carbons (Fsp3) is 0.857. The van der Waals surface area contributed by atoms with Crippen LogP contribution in [-0.2, 0) is 9.53 Å². The number of carboxylic acids is 1. The van der Waals surface area contributed by atoms with E-state index in [2.05, 4.69) is 17.6 Å². The molecule has 6 nitrogen and oxygen atoms in total. The number of nitrogens with one attached hydrogen (secondary N) is 2. The average Bonchev–Trinajstić information content (AvgIpc) is 2.87. The molecule has 2 amide bonds. The van der Waals surface area contributed by atoms with Crippen molar-refractivity contribution in [3.05, 3.63) is 0 Å². The van der Waals surface area contributed by atoms with Gasteiger partial charge in [0, 0.05) is 32.0 Å². The molecular weight excluding hydrogens is 260 g/mol. The van der Waals surface area contributed by atoms with Gasteiger partial charge in [-0.2, -0.15) is 0 Å². The summed E-state index contributed by atoms with van der Waals surface area (Å²) in [6, 6.07) is -0.186. The quantitative estimate of drug-likeness (QED) is 0.632. The summed E-state index contributed by atoms with van der Waals surface area (Å²) in [6.45, 7) is 5.93. The Morgan fingerprint density at radius 1 is 1.40 bits per heavy atom. The van der Waals surface area contributed by atoms with Crippen LogP contribution in [-0.4, -0.2) is 42.9 Å². The van der Waals surface area contributed by atoms with Crippen LogP contribution >= 0.6 is 0 Å². The lowest BCUT2D eigenvalue weighted by Crippen LogP contribution is -2.41. The van der Waals surface area contributed by atoms with Gasteiger partial charge in [0.15, 0.2) is 0 Å². The first-order chi connectivity index (χ1) is 9.52. The number of hydrogen-bond donors (Lipinski definition) is 3. The first kappa shape index (κ1) is 16.8. The maximum atomic E-state index is 11.7. The van der Waals surface area contributed by atoms with Crippen LogP contribution in [0.5, 0.6) is 0 Å². The molecule has 0 spiro atoms. The van der Waals surface area contributed by atoms with Gasteiger partial charge < -0.3 is 20.5 Å². The molecule has 0 aromatic carbocycles. The molecule has 0 radical (unpaired) electrons. The van der Waals surface area contributed by atoms with Crippen LogP contribution in [0.1, 0.15) is 39.5 Å². The summed E-state index contributed by atoms with van der Waals surface area (Å²) < 4.78 is 5.57. The fourth-order valence-corrected chi connectivity index (χ4v) is 2.40. The zero-order chi connectivity index (χ0) is 15.0. The van der Waals surface area contributed by atoms with Crippen LogP contribution in [0.4, 0.5) is 4.79 Å². The molecule has 3 unspecified atom stereocenters. The van der Waals surface area contributed by atoms with Crippen molar-refractivity contribution in [3.63, 3.8) is 0 Å². The monoisotopic (exact) mass is 286 g/mol. The molecule has 3 atom stereocenters. The van der Waals surface area contributed by atoms with E-state index in [0.717, 1.165) is 19.4 Å². The van der Waals surface area contributed by atoms with Crippen molar-refractivity contribution >= 4 is 12.0 Å². The second-order valence-electron chi connectivity index (χ2n) is 5.49. The van der Waals surface area contributed by atoms with Gasteiger partial charge >= 0.3 is 12.0 Å². The molecule has 1 aliphatic heterocycles. The molecule has 1 saturated heterocycles. The number of hydrogen-bond acceptors (Lipinski definition) is 3. The van der Waals surface area contributed by atoms with Gasteiger partial charge in [-0.3, -0.25) is 4.79 Å². The first-order valence-electron chi connectivity index (χ1n) is 7.38. The molecule has 1 heterocycles. The summed E-state index contributed by atoms with van der Waals surface area (Å²) in [5.41, 5.74) is 0. The number of rotatable bonds is 8. The van der Waals surface area contributed by atoms with Gasteiger partial charge in [-0.15, -0.1) is 0 Å². The third-order valence-electron chi connectivity index (χ3n) is 3.74. The number of carbonyl (C=O) groups excluding carboxylic acids is 1. The normalized spacial score (nSPS) is 23.3. The zero-order valence-corrected chi connectivity index (χ0v) is 12.4. The van der Waals surface area contributed by atoms with Gasteiger partial charge in [-0.1, -0.05) is 13.8 Å². The second kappa shape index (κ2) is 8.79. The van der Waals surface area contributed by atoms with E-state index in [1.807, 2.05) is 6.92 Å². The molecule has 0 aromatic rings. The topological polar surface area (TPSA) is 87.7 Å². The summed E-state index contributed by atoms with van der Waals surface area (Å²) >= 11 is 0. The Balaban J connectivity index is 2.12. The Morgan fingerprint density at radius 2 is 2.15 bits per heavy atom. The maximum Gasteiger partial charge on any atom is 0.314 e. The summed E-state index contributed by atoms with van der Waals surface area (Å²) in [5.74, 6) is -0.238. The largest absolute Gasteiger partial charge is 0.481 e. The molecule has 0 aromatic heterocycles. The summed E-state index contributed by atoms with van der Waals surface area (Å²) in [7, 11) is 0. The lowest BCUT2D eigenvalue weighted by atomic mass is 10.00. The average molecular weight is 286 g/mol. The number of amides is 2. The Labute approximate surface area is 120 Å². The van der Waals surface area contributed by atoms with Crippen LogP contribution in [0.25, 0.3) is 0 Å². The molecule has 6 heteroatoms. The predicted octanol–water partition coefficient (Wildman–Crippen LogP) is 1.60. The van der Waals surface area contributed by atoms with E-state index in [4.69, 9.17) is 9.84 Å². The smallest absolute Gasteiger partial charge is 0.314 e. The van der Waals surface area contributed by atoms with E-state index < -0.39 is 5.97 Å². The molecular formula is C14H26N2O4. The maximum absolute atomic E-state index is 11.7. The summed E-state index contributed by atoms with van der Waals surface area (Å²) in [4.78, 5) is 22.1. The van der Waals surface area contributed by atoms with E-state index in [-0.39, 0.29) is 24.5 Å². The second-order valence-corrected chi connectivity index (χ2v) is 5.49. The highest BCUT2D eigenvalue weighted by Gasteiger charge is 2.26. The summed E-state index contributed by atoms with van der Waals surface area (Å²) in [5, 5.41) is 14.2. The third kappa shape index (κ3) is 6.23. The van der Waals surface area contributed by atoms with Crippen LogP contribution < -0.4 is 10.6 Å². The molecule has 1 aliphatic rings. The lowest BCUT2D eigenvalue weighted by Gasteiger charge is -2.18. The molecule has 116 valence electrons. The highest BCUT2D eigenvalue weighted by Crippen LogP contribution is 2.22. The van der Waals surface area contributed by atoms with Crippen LogP contribution in [0, 0.1) is 11.8 Å². The van der Waals surface area contributed by atoms with E-state index in [1.54, 1.807) is 0 Å². The van der Waals surface area contributed by atoms with Gasteiger partial charge in [0.2, 0.25) is 0 Å². The molecule has 3 N–H and O–H groups in total. The number of carboxylic acid groups (broad SMARTS) is 1. The van der Waals surface area contributed by atoms with Gasteiger partial charge in [-0.25, -0.2) is 4.79 Å². The Kier molecular flexibility index (Phi) is 7.36. The number of carbonyl (C=O) groups is 2. The van der Waals surface area contributed by atoms with Crippen molar-refractivity contribution in [1.82, 2.24) is 10.6 Å². The molecule has 20 heavy (non-hydrogen) atoms. The molecule has 0 saturated carbocycles. The predicted molar refractivity (Wildman–Crippen MR) is 75.6 cm³/mol. The molecule has 1 fully saturated rings. The van der Waals surface area contributed by atoms with Crippen molar-refractivity contribution in [2.75, 3.05) is 19.7 Å². The number of urea groups is 1. The van der Waals surface area contributed by atoms with Crippen molar-refractivity contribution in [1.29, 1.82) is 0 Å². The van der Waals surface area contributed by atoms with E-state index in [0.29, 0.717) is 25.4 Å². The Morgan fingerprint density at radius 3 is 2.80 bits per heavy atom. The van der Waals surface area contributed by atoms with Crippen LogP contribution in [0.2, 0.25) is 0 Å². The third-order valence-corrected chi connectivity index (χ3v) is 3.74. The standard InChI is InChI=1S/C14H26N2O4/c1-3-12-11(6-7-20-12)9-16-14(19)15-8-10(2)4-5-13(17)18/h10-12H,3-9H2,1-2H3,(H,17,18)(H2,15,16,19). The Bertz CT molecular complexity index is 322. The first-order valence-corrected chi connectivity index (χ1v) is 7.38. The van der Waals surface area contributed by atoms with Crippen molar-refractivity contribution in [2.24, 2.45) is 11.8 Å².